The lowest BCUT2D eigenvalue weighted by molar-refractivity contribution is -0.126. The van der Waals surface area contributed by atoms with Gasteiger partial charge in [-0.15, -0.1) is 0 Å². The molecule has 4 nitrogen and oxygen atoms in total. The highest BCUT2D eigenvalue weighted by Gasteiger charge is 2.47. The first-order valence-corrected chi connectivity index (χ1v) is 6.84. The summed E-state index contributed by atoms with van der Waals surface area (Å²) < 4.78 is 5.54. The number of amides is 1. The van der Waals surface area contributed by atoms with E-state index >= 15 is 0 Å². The molecule has 1 aliphatic heterocycles. The van der Waals surface area contributed by atoms with Gasteiger partial charge in [0.2, 0.25) is 5.91 Å². The van der Waals surface area contributed by atoms with E-state index in [2.05, 4.69) is 5.32 Å². The summed E-state index contributed by atoms with van der Waals surface area (Å²) in [6.07, 6.45) is 8.04. The van der Waals surface area contributed by atoms with E-state index in [-0.39, 0.29) is 12.0 Å². The predicted octanol–water partition coefficient (Wildman–Crippen LogP) is 1.33. The van der Waals surface area contributed by atoms with Gasteiger partial charge in [0, 0.05) is 19.1 Å². The topological polar surface area (TPSA) is 64.3 Å². The molecule has 4 heteroatoms. The van der Waals surface area contributed by atoms with E-state index in [1.165, 1.54) is 25.7 Å². The standard InChI is InChI=1S/C13H24N2O2/c1-10-13(12(14)16,8-9-17-10)15-11-6-4-2-3-5-7-11/h10-11,15H,2-9H2,1H3,(H2,14,16). The van der Waals surface area contributed by atoms with Crippen LogP contribution in [0.1, 0.15) is 51.9 Å². The van der Waals surface area contributed by atoms with E-state index in [1.807, 2.05) is 6.92 Å². The molecule has 1 aliphatic carbocycles. The molecular formula is C13H24N2O2. The van der Waals surface area contributed by atoms with Crippen LogP contribution in [0.25, 0.3) is 0 Å². The minimum atomic E-state index is -0.630. The lowest BCUT2D eigenvalue weighted by Gasteiger charge is -2.34. The minimum absolute atomic E-state index is 0.108. The van der Waals surface area contributed by atoms with Gasteiger partial charge in [0.25, 0.3) is 0 Å². The maximum atomic E-state index is 11.8. The smallest absolute Gasteiger partial charge is 0.240 e. The van der Waals surface area contributed by atoms with Crippen molar-refractivity contribution in [1.29, 1.82) is 0 Å². The van der Waals surface area contributed by atoms with Crippen molar-refractivity contribution in [1.82, 2.24) is 5.32 Å². The van der Waals surface area contributed by atoms with Gasteiger partial charge in [0.1, 0.15) is 5.54 Å². The Balaban J connectivity index is 2.04. The van der Waals surface area contributed by atoms with Gasteiger partial charge in [-0.1, -0.05) is 25.7 Å². The number of nitrogens with two attached hydrogens (primary N) is 1. The van der Waals surface area contributed by atoms with Crippen LogP contribution < -0.4 is 11.1 Å². The van der Waals surface area contributed by atoms with Crippen LogP contribution in [0.2, 0.25) is 0 Å². The third-order valence-electron chi connectivity index (χ3n) is 4.31. The molecule has 0 aromatic heterocycles. The fourth-order valence-electron chi connectivity index (χ4n) is 3.11. The Morgan fingerprint density at radius 1 is 1.29 bits per heavy atom. The molecule has 1 saturated heterocycles. The highest BCUT2D eigenvalue weighted by Crippen LogP contribution is 2.28. The van der Waals surface area contributed by atoms with Crippen molar-refractivity contribution >= 4 is 5.91 Å². The molecule has 2 fully saturated rings. The number of ether oxygens (including phenoxy) is 1. The number of primary amides is 1. The minimum Gasteiger partial charge on any atom is -0.376 e. The van der Waals surface area contributed by atoms with Gasteiger partial charge in [-0.05, 0) is 19.8 Å². The Morgan fingerprint density at radius 3 is 2.41 bits per heavy atom. The van der Waals surface area contributed by atoms with Gasteiger partial charge < -0.3 is 10.5 Å². The molecule has 17 heavy (non-hydrogen) atoms. The average molecular weight is 240 g/mol. The second-order valence-electron chi connectivity index (χ2n) is 5.43. The van der Waals surface area contributed by atoms with Crippen LogP contribution in [-0.2, 0) is 9.53 Å². The van der Waals surface area contributed by atoms with Crippen molar-refractivity contribution in [2.24, 2.45) is 5.73 Å². The summed E-state index contributed by atoms with van der Waals surface area (Å²) in [5.41, 5.74) is 4.97. The normalized spacial score (nSPS) is 35.7. The molecule has 2 aliphatic rings. The van der Waals surface area contributed by atoms with Crippen molar-refractivity contribution in [3.8, 4) is 0 Å². The van der Waals surface area contributed by atoms with Gasteiger partial charge in [0.05, 0.1) is 6.10 Å². The Hall–Kier alpha value is -0.610. The number of hydrogen-bond donors (Lipinski definition) is 2. The lowest BCUT2D eigenvalue weighted by atomic mass is 9.89. The van der Waals surface area contributed by atoms with Gasteiger partial charge in [-0.25, -0.2) is 0 Å². The maximum absolute atomic E-state index is 11.8. The fourth-order valence-corrected chi connectivity index (χ4v) is 3.11. The van der Waals surface area contributed by atoms with E-state index in [9.17, 15) is 4.79 Å². The summed E-state index contributed by atoms with van der Waals surface area (Å²) >= 11 is 0. The summed E-state index contributed by atoms with van der Waals surface area (Å²) in [4.78, 5) is 11.8. The zero-order chi connectivity index (χ0) is 12.3. The van der Waals surface area contributed by atoms with Gasteiger partial charge >= 0.3 is 0 Å². The van der Waals surface area contributed by atoms with Gasteiger partial charge in [0.15, 0.2) is 0 Å². The van der Waals surface area contributed by atoms with Crippen LogP contribution in [0.3, 0.4) is 0 Å². The molecule has 3 N–H and O–H groups in total. The fraction of sp³-hybridized carbons (Fsp3) is 0.923. The molecule has 2 atom stereocenters. The van der Waals surface area contributed by atoms with E-state index in [0.717, 1.165) is 12.8 Å². The third-order valence-corrected chi connectivity index (χ3v) is 4.31. The second kappa shape index (κ2) is 5.36. The Bertz CT molecular complexity index is 275. The molecule has 0 aromatic rings. The van der Waals surface area contributed by atoms with Crippen LogP contribution in [0, 0.1) is 0 Å². The average Bonchev–Trinajstić information content (AvgIpc) is 2.52. The Labute approximate surface area is 103 Å². The van der Waals surface area contributed by atoms with Crippen molar-refractivity contribution < 1.29 is 9.53 Å². The first-order chi connectivity index (χ1) is 8.15. The van der Waals surface area contributed by atoms with Crippen molar-refractivity contribution in [2.75, 3.05) is 6.61 Å². The first-order valence-electron chi connectivity index (χ1n) is 6.84. The van der Waals surface area contributed by atoms with E-state index in [4.69, 9.17) is 10.5 Å². The number of rotatable bonds is 3. The van der Waals surface area contributed by atoms with Crippen LogP contribution in [0.15, 0.2) is 0 Å². The van der Waals surface area contributed by atoms with Crippen LogP contribution in [0.5, 0.6) is 0 Å². The monoisotopic (exact) mass is 240 g/mol. The quantitative estimate of drug-likeness (QED) is 0.732. The predicted molar refractivity (Wildman–Crippen MR) is 66.6 cm³/mol. The SMILES string of the molecule is CC1OCCC1(NC1CCCCCC1)C(N)=O. The molecule has 2 unspecified atom stereocenters. The molecular weight excluding hydrogens is 216 g/mol. The summed E-state index contributed by atoms with van der Waals surface area (Å²) in [6.45, 7) is 2.57. The summed E-state index contributed by atoms with van der Waals surface area (Å²) in [5.74, 6) is -0.258. The maximum Gasteiger partial charge on any atom is 0.240 e. The molecule has 0 aromatic carbocycles. The van der Waals surface area contributed by atoms with Crippen LogP contribution in [0.4, 0.5) is 0 Å². The van der Waals surface area contributed by atoms with Gasteiger partial charge in [-0.2, -0.15) is 0 Å². The molecule has 0 radical (unpaired) electrons. The van der Waals surface area contributed by atoms with E-state index in [1.54, 1.807) is 0 Å². The van der Waals surface area contributed by atoms with Gasteiger partial charge in [-0.3, -0.25) is 10.1 Å². The van der Waals surface area contributed by atoms with E-state index < -0.39 is 5.54 Å². The van der Waals surface area contributed by atoms with Crippen molar-refractivity contribution in [3.05, 3.63) is 0 Å². The number of nitrogens with one attached hydrogen (secondary N) is 1. The van der Waals surface area contributed by atoms with Crippen molar-refractivity contribution in [3.63, 3.8) is 0 Å². The third kappa shape index (κ3) is 2.63. The summed E-state index contributed by atoms with van der Waals surface area (Å²) in [5, 5.41) is 3.52. The molecule has 98 valence electrons. The van der Waals surface area contributed by atoms with E-state index in [0.29, 0.717) is 19.1 Å². The Morgan fingerprint density at radius 2 is 1.94 bits per heavy atom. The highest BCUT2D eigenvalue weighted by atomic mass is 16.5. The first kappa shape index (κ1) is 12.8. The lowest BCUT2D eigenvalue weighted by Crippen LogP contribution is -2.62. The van der Waals surface area contributed by atoms with Crippen LogP contribution >= 0.6 is 0 Å². The summed E-state index contributed by atoms with van der Waals surface area (Å²) in [6, 6.07) is 0.425. The van der Waals surface area contributed by atoms with Crippen LogP contribution in [-0.4, -0.2) is 30.2 Å². The second-order valence-corrected chi connectivity index (χ2v) is 5.43. The number of carbonyl (C=O) groups excluding carboxylic acids is 1. The molecule has 0 spiro atoms. The molecule has 1 amide bonds. The van der Waals surface area contributed by atoms with Crippen molar-refractivity contribution in [2.45, 2.75) is 69.6 Å². The molecule has 0 bridgehead atoms. The number of hydrogen-bond acceptors (Lipinski definition) is 3. The summed E-state index contributed by atoms with van der Waals surface area (Å²) in [7, 11) is 0. The Kier molecular flexibility index (Phi) is 4.05. The number of carbonyl (C=O) groups is 1. The molecule has 1 saturated carbocycles. The molecule has 2 rings (SSSR count). The molecule has 1 heterocycles. The zero-order valence-electron chi connectivity index (χ0n) is 10.7. The largest absolute Gasteiger partial charge is 0.376 e. The zero-order valence-corrected chi connectivity index (χ0v) is 10.7. The highest BCUT2D eigenvalue weighted by molar-refractivity contribution is 5.85.